The van der Waals surface area contributed by atoms with Crippen LogP contribution in [0.1, 0.15) is 0 Å². The van der Waals surface area contributed by atoms with E-state index in [2.05, 4.69) is 31.0 Å². The molecule has 6 heteroatoms. The summed E-state index contributed by atoms with van der Waals surface area (Å²) in [6.07, 6.45) is 7.01. The van der Waals surface area contributed by atoms with Crippen LogP contribution in [0.25, 0.3) is 17.1 Å². The van der Waals surface area contributed by atoms with Crippen LogP contribution in [-0.2, 0) is 0 Å². The third-order valence-corrected chi connectivity index (χ3v) is 3.02. The molecule has 2 aromatic heterocycles. The van der Waals surface area contributed by atoms with Crippen LogP contribution in [0, 0.1) is 0 Å². The summed E-state index contributed by atoms with van der Waals surface area (Å²) in [6.45, 7) is 0. The van der Waals surface area contributed by atoms with E-state index in [0.29, 0.717) is 5.95 Å². The van der Waals surface area contributed by atoms with Crippen molar-refractivity contribution in [3.63, 3.8) is 0 Å². The van der Waals surface area contributed by atoms with Gasteiger partial charge in [0.15, 0.2) is 0 Å². The first-order valence-electron chi connectivity index (χ1n) is 5.61. The highest BCUT2D eigenvalue weighted by Gasteiger charge is 2.05. The van der Waals surface area contributed by atoms with Gasteiger partial charge in [-0.05, 0) is 33.6 Å². The summed E-state index contributed by atoms with van der Waals surface area (Å²) in [5, 5.41) is 4.26. The third-order valence-electron chi connectivity index (χ3n) is 2.61. The minimum Gasteiger partial charge on any atom is -0.399 e. The Morgan fingerprint density at radius 2 is 1.84 bits per heavy atom. The maximum atomic E-state index is 5.77. The van der Waals surface area contributed by atoms with Gasteiger partial charge in [0.25, 0.3) is 5.95 Å². The summed E-state index contributed by atoms with van der Waals surface area (Å²) in [5.41, 5.74) is 8.49. The second-order valence-electron chi connectivity index (χ2n) is 4.00. The van der Waals surface area contributed by atoms with Gasteiger partial charge < -0.3 is 5.73 Å². The van der Waals surface area contributed by atoms with E-state index < -0.39 is 0 Å². The zero-order chi connectivity index (χ0) is 13.2. The molecule has 19 heavy (non-hydrogen) atoms. The molecular formula is C13H10BrN5. The van der Waals surface area contributed by atoms with Crippen LogP contribution in [0.4, 0.5) is 5.69 Å². The maximum Gasteiger partial charge on any atom is 0.250 e. The molecule has 5 nitrogen and oxygen atoms in total. The Bertz CT molecular complexity index is 705. The van der Waals surface area contributed by atoms with Crippen LogP contribution < -0.4 is 5.73 Å². The topological polar surface area (TPSA) is 69.6 Å². The van der Waals surface area contributed by atoms with E-state index in [-0.39, 0.29) is 0 Å². The van der Waals surface area contributed by atoms with Gasteiger partial charge in [0.05, 0.1) is 10.7 Å². The summed E-state index contributed by atoms with van der Waals surface area (Å²) in [7, 11) is 0. The average molecular weight is 316 g/mol. The van der Waals surface area contributed by atoms with E-state index in [1.54, 1.807) is 23.3 Å². The fourth-order valence-corrected chi connectivity index (χ4v) is 1.93. The zero-order valence-corrected chi connectivity index (χ0v) is 11.4. The number of nitrogens with zero attached hydrogens (tertiary/aromatic N) is 4. The smallest absolute Gasteiger partial charge is 0.250 e. The van der Waals surface area contributed by atoms with Crippen LogP contribution in [0.5, 0.6) is 0 Å². The molecule has 0 aliphatic rings. The first-order chi connectivity index (χ1) is 9.22. The number of hydrogen-bond donors (Lipinski definition) is 1. The van der Waals surface area contributed by atoms with E-state index in [0.717, 1.165) is 21.3 Å². The number of anilines is 1. The Balaban J connectivity index is 1.97. The van der Waals surface area contributed by atoms with E-state index >= 15 is 0 Å². The predicted molar refractivity (Wildman–Crippen MR) is 76.7 cm³/mol. The van der Waals surface area contributed by atoms with Crippen molar-refractivity contribution in [3.8, 4) is 17.1 Å². The molecule has 0 amide bonds. The lowest BCUT2D eigenvalue weighted by Gasteiger charge is -1.99. The molecule has 0 bridgehead atoms. The van der Waals surface area contributed by atoms with Crippen LogP contribution in [0.15, 0.2) is 53.5 Å². The summed E-state index contributed by atoms with van der Waals surface area (Å²) in [6, 6.07) is 7.66. The van der Waals surface area contributed by atoms with Crippen molar-refractivity contribution in [2.45, 2.75) is 0 Å². The molecule has 94 valence electrons. The average Bonchev–Trinajstić information content (AvgIpc) is 2.89. The summed E-state index contributed by atoms with van der Waals surface area (Å²) < 4.78 is 2.46. The molecule has 0 spiro atoms. The van der Waals surface area contributed by atoms with Gasteiger partial charge in [-0.25, -0.2) is 14.6 Å². The van der Waals surface area contributed by atoms with Crippen molar-refractivity contribution < 1.29 is 0 Å². The third kappa shape index (κ3) is 2.48. The Kier molecular flexibility index (Phi) is 3.00. The SMILES string of the molecule is Nc1cccc(-c2cnn(-c3ncc(Br)cn3)c2)c1. The first-order valence-corrected chi connectivity index (χ1v) is 6.40. The molecule has 0 aliphatic carbocycles. The summed E-state index contributed by atoms with van der Waals surface area (Å²) in [5.74, 6) is 0.526. The van der Waals surface area contributed by atoms with Gasteiger partial charge >= 0.3 is 0 Å². The van der Waals surface area contributed by atoms with Gasteiger partial charge in [-0.1, -0.05) is 12.1 Å². The number of nitrogen functional groups attached to an aromatic ring is 1. The van der Waals surface area contributed by atoms with Crippen LogP contribution >= 0.6 is 15.9 Å². The molecule has 0 fully saturated rings. The van der Waals surface area contributed by atoms with Crippen molar-refractivity contribution in [1.82, 2.24) is 19.7 Å². The Morgan fingerprint density at radius 3 is 2.58 bits per heavy atom. The second-order valence-corrected chi connectivity index (χ2v) is 4.92. The van der Waals surface area contributed by atoms with Crippen LogP contribution in [-0.4, -0.2) is 19.7 Å². The fourth-order valence-electron chi connectivity index (χ4n) is 1.72. The number of rotatable bonds is 2. The first kappa shape index (κ1) is 11.9. The van der Waals surface area contributed by atoms with Crippen LogP contribution in [0.3, 0.4) is 0 Å². The van der Waals surface area contributed by atoms with Crippen molar-refractivity contribution in [2.24, 2.45) is 0 Å². The zero-order valence-electron chi connectivity index (χ0n) is 9.86. The summed E-state index contributed by atoms with van der Waals surface area (Å²) >= 11 is 3.30. The number of halogens is 1. The monoisotopic (exact) mass is 315 g/mol. The highest BCUT2D eigenvalue weighted by Crippen LogP contribution is 2.21. The number of aromatic nitrogens is 4. The quantitative estimate of drug-likeness (QED) is 0.738. The molecule has 1 aromatic carbocycles. The van der Waals surface area contributed by atoms with Crippen LogP contribution in [0.2, 0.25) is 0 Å². The minimum absolute atomic E-state index is 0.526. The molecule has 3 rings (SSSR count). The fraction of sp³-hybridized carbons (Fsp3) is 0. The van der Waals surface area contributed by atoms with E-state index in [1.807, 2.05) is 30.5 Å². The van der Waals surface area contributed by atoms with Gasteiger partial charge in [0, 0.05) is 29.8 Å². The molecule has 0 aliphatic heterocycles. The van der Waals surface area contributed by atoms with Gasteiger partial charge in [-0.3, -0.25) is 0 Å². The normalized spacial score (nSPS) is 10.6. The maximum absolute atomic E-state index is 5.77. The van der Waals surface area contributed by atoms with Crippen molar-refractivity contribution in [1.29, 1.82) is 0 Å². The molecule has 2 heterocycles. The minimum atomic E-state index is 0.526. The number of nitrogens with two attached hydrogens (primary N) is 1. The van der Waals surface area contributed by atoms with Crippen molar-refractivity contribution in [2.75, 3.05) is 5.73 Å². The Hall–Kier alpha value is -2.21. The molecule has 0 saturated carbocycles. The largest absolute Gasteiger partial charge is 0.399 e. The summed E-state index contributed by atoms with van der Waals surface area (Å²) in [4.78, 5) is 8.38. The molecule has 0 atom stereocenters. The van der Waals surface area contributed by atoms with Crippen molar-refractivity contribution >= 4 is 21.6 Å². The molecule has 3 aromatic rings. The Labute approximate surface area is 118 Å². The second kappa shape index (κ2) is 4.81. The standard InChI is InChI=1S/C13H10BrN5/c14-11-6-16-13(17-7-11)19-8-10(5-18-19)9-2-1-3-12(15)4-9/h1-8H,15H2. The molecule has 0 saturated heterocycles. The molecule has 0 unspecified atom stereocenters. The van der Waals surface area contributed by atoms with Gasteiger partial charge in [0.1, 0.15) is 0 Å². The molecule has 2 N–H and O–H groups in total. The van der Waals surface area contributed by atoms with E-state index in [9.17, 15) is 0 Å². The lowest BCUT2D eigenvalue weighted by atomic mass is 10.1. The molecular weight excluding hydrogens is 306 g/mol. The lowest BCUT2D eigenvalue weighted by Crippen LogP contribution is -2.00. The van der Waals surface area contributed by atoms with Gasteiger partial charge in [-0.15, -0.1) is 0 Å². The lowest BCUT2D eigenvalue weighted by molar-refractivity contribution is 0.806. The van der Waals surface area contributed by atoms with Crippen molar-refractivity contribution in [3.05, 3.63) is 53.5 Å². The van der Waals surface area contributed by atoms with Gasteiger partial charge in [-0.2, -0.15) is 5.10 Å². The van der Waals surface area contributed by atoms with Gasteiger partial charge in [0.2, 0.25) is 0 Å². The Morgan fingerprint density at radius 1 is 1.05 bits per heavy atom. The van der Waals surface area contributed by atoms with E-state index in [4.69, 9.17) is 5.73 Å². The number of hydrogen-bond acceptors (Lipinski definition) is 4. The highest BCUT2D eigenvalue weighted by atomic mass is 79.9. The highest BCUT2D eigenvalue weighted by molar-refractivity contribution is 9.10. The van der Waals surface area contributed by atoms with E-state index in [1.165, 1.54) is 0 Å². The predicted octanol–water partition coefficient (Wildman–Crippen LogP) is 2.67. The molecule has 0 radical (unpaired) electrons. The number of benzene rings is 1.